The smallest absolute Gasteiger partial charge is 0.343 e. The number of ether oxygens (including phenoxy) is 3. The van der Waals surface area contributed by atoms with E-state index in [0.717, 1.165) is 44.3 Å². The maximum Gasteiger partial charge on any atom is 0.343 e. The number of unbranched alkanes of at least 4 members (excludes halogenated alkanes) is 6. The number of carbonyl (C=O) groups is 1. The van der Waals surface area contributed by atoms with Gasteiger partial charge in [0.15, 0.2) is 5.75 Å². The van der Waals surface area contributed by atoms with Gasteiger partial charge in [-0.3, -0.25) is 10.1 Å². The van der Waals surface area contributed by atoms with Crippen molar-refractivity contribution in [2.45, 2.75) is 84.7 Å². The Kier molecular flexibility index (Phi) is 12.5. The monoisotopic (exact) mass is 562 g/mol. The van der Waals surface area contributed by atoms with Crippen molar-refractivity contribution in [1.82, 2.24) is 0 Å². The molecule has 0 spiro atoms. The number of esters is 1. The molecule has 0 fully saturated rings. The first kappa shape index (κ1) is 31.5. The topological polar surface area (TPSA) is 114 Å². The second-order valence-electron chi connectivity index (χ2n) is 10.3. The molecule has 0 aliphatic rings. The van der Waals surface area contributed by atoms with Crippen molar-refractivity contribution in [3.63, 3.8) is 0 Å². The van der Waals surface area contributed by atoms with Crippen LogP contribution in [0.15, 0.2) is 60.7 Å². The van der Waals surface area contributed by atoms with E-state index in [9.17, 15) is 14.9 Å². The van der Waals surface area contributed by atoms with Gasteiger partial charge in [0, 0.05) is 23.4 Å². The number of anilines is 1. The Bertz CT molecular complexity index is 1260. The highest BCUT2D eigenvalue weighted by Crippen LogP contribution is 2.38. The fourth-order valence-corrected chi connectivity index (χ4v) is 4.48. The first-order valence-corrected chi connectivity index (χ1v) is 14.6. The van der Waals surface area contributed by atoms with E-state index >= 15 is 0 Å². The Balaban J connectivity index is 1.62. The maximum atomic E-state index is 12.7. The van der Waals surface area contributed by atoms with Crippen LogP contribution in [0.1, 0.15) is 88.9 Å². The van der Waals surface area contributed by atoms with Crippen LogP contribution in [-0.4, -0.2) is 23.6 Å². The zero-order valence-electron chi connectivity index (χ0n) is 24.4. The molecule has 3 rings (SSSR count). The van der Waals surface area contributed by atoms with E-state index < -0.39 is 10.9 Å². The van der Waals surface area contributed by atoms with Gasteiger partial charge in [0.2, 0.25) is 0 Å². The Morgan fingerprint density at radius 3 is 2.17 bits per heavy atom. The third-order valence-electron chi connectivity index (χ3n) is 6.85. The van der Waals surface area contributed by atoms with E-state index in [-0.39, 0.29) is 17.5 Å². The van der Waals surface area contributed by atoms with Crippen LogP contribution in [0.4, 0.5) is 11.4 Å². The predicted octanol–water partition coefficient (Wildman–Crippen LogP) is 8.76. The minimum atomic E-state index is -0.513. The lowest BCUT2D eigenvalue weighted by atomic mass is 10.0. The van der Waals surface area contributed by atoms with Crippen molar-refractivity contribution in [1.29, 1.82) is 0 Å². The summed E-state index contributed by atoms with van der Waals surface area (Å²) in [5.74, 6) is 0.789. The van der Waals surface area contributed by atoms with Gasteiger partial charge in [-0.05, 0) is 68.1 Å². The summed E-state index contributed by atoms with van der Waals surface area (Å²) >= 11 is 0. The quantitative estimate of drug-likeness (QED) is 0.0437. The summed E-state index contributed by atoms with van der Waals surface area (Å²) in [4.78, 5) is 24.1. The number of nitrogens with two attached hydrogens (primary N) is 1. The minimum absolute atomic E-state index is 0.149. The Morgan fingerprint density at radius 1 is 0.878 bits per heavy atom. The van der Waals surface area contributed by atoms with Gasteiger partial charge in [-0.1, -0.05) is 64.5 Å². The maximum absolute atomic E-state index is 12.7. The normalized spacial score (nSPS) is 11.6. The van der Waals surface area contributed by atoms with E-state index in [1.807, 2.05) is 6.92 Å². The highest BCUT2D eigenvalue weighted by molar-refractivity contribution is 5.92. The molecule has 3 aromatic rings. The number of nitrogens with zero attached hydrogens (tertiary/aromatic N) is 1. The third-order valence-corrected chi connectivity index (χ3v) is 6.85. The van der Waals surface area contributed by atoms with Crippen molar-refractivity contribution in [3.05, 3.63) is 76.3 Å². The first-order chi connectivity index (χ1) is 19.8. The zero-order chi connectivity index (χ0) is 29.6. The minimum Gasteiger partial charge on any atom is -0.494 e. The number of nitro benzene ring substituents is 1. The van der Waals surface area contributed by atoms with Crippen LogP contribution in [0.5, 0.6) is 17.2 Å². The highest BCUT2D eigenvalue weighted by Gasteiger charge is 2.21. The van der Waals surface area contributed by atoms with Crippen molar-refractivity contribution < 1.29 is 23.9 Å². The molecule has 0 bridgehead atoms. The second kappa shape index (κ2) is 16.3. The summed E-state index contributed by atoms with van der Waals surface area (Å²) in [7, 11) is 0. The third kappa shape index (κ3) is 9.81. The molecule has 2 N–H and O–H groups in total. The van der Waals surface area contributed by atoms with Crippen molar-refractivity contribution >= 4 is 17.3 Å². The molecule has 0 amide bonds. The molecule has 220 valence electrons. The van der Waals surface area contributed by atoms with E-state index in [0.29, 0.717) is 34.7 Å². The van der Waals surface area contributed by atoms with Crippen LogP contribution < -0.4 is 19.9 Å². The van der Waals surface area contributed by atoms with E-state index in [1.165, 1.54) is 31.4 Å². The highest BCUT2D eigenvalue weighted by atomic mass is 16.6. The number of carbonyl (C=O) groups excluding carboxylic acids is 1. The van der Waals surface area contributed by atoms with Crippen LogP contribution >= 0.6 is 0 Å². The number of hydrogen-bond donors (Lipinski definition) is 1. The SMILES string of the molecule is CCCCCCCOc1ccc(OC(=O)c2ccc(-c3cc([N+](=O)[O-])c(O[C@H](C)CCCCC)cc3N)cc2)cc1. The summed E-state index contributed by atoms with van der Waals surface area (Å²) in [5, 5.41) is 11.8. The number of nitro groups is 1. The van der Waals surface area contributed by atoms with Gasteiger partial charge in [0.1, 0.15) is 11.5 Å². The summed E-state index contributed by atoms with van der Waals surface area (Å²) in [6.07, 6.45) is 9.67. The average molecular weight is 563 g/mol. The van der Waals surface area contributed by atoms with Gasteiger partial charge in [-0.25, -0.2) is 4.79 Å². The molecular weight excluding hydrogens is 520 g/mol. The van der Waals surface area contributed by atoms with E-state index in [4.69, 9.17) is 19.9 Å². The number of rotatable bonds is 17. The fraction of sp³-hybridized carbons (Fsp3) is 0.424. The summed E-state index contributed by atoms with van der Waals surface area (Å²) in [6, 6.07) is 16.5. The Labute approximate surface area is 243 Å². The molecule has 0 aromatic heterocycles. The summed E-state index contributed by atoms with van der Waals surface area (Å²) < 4.78 is 17.2. The predicted molar refractivity (Wildman–Crippen MR) is 163 cm³/mol. The largest absolute Gasteiger partial charge is 0.494 e. The van der Waals surface area contributed by atoms with Crippen molar-refractivity contribution in [2.75, 3.05) is 12.3 Å². The lowest BCUT2D eigenvalue weighted by Crippen LogP contribution is -2.13. The first-order valence-electron chi connectivity index (χ1n) is 14.6. The lowest BCUT2D eigenvalue weighted by Gasteiger charge is -2.16. The Hall–Kier alpha value is -4.07. The molecule has 0 radical (unpaired) electrons. The number of benzene rings is 3. The molecule has 0 heterocycles. The van der Waals surface area contributed by atoms with Crippen LogP contribution in [0.25, 0.3) is 11.1 Å². The molecule has 0 saturated carbocycles. The molecule has 8 heteroatoms. The summed E-state index contributed by atoms with van der Waals surface area (Å²) in [5.41, 5.74) is 7.96. The molecule has 8 nitrogen and oxygen atoms in total. The molecule has 3 aromatic carbocycles. The molecule has 0 aliphatic carbocycles. The van der Waals surface area contributed by atoms with Crippen LogP contribution in [0, 0.1) is 10.1 Å². The van der Waals surface area contributed by atoms with Gasteiger partial charge in [0.05, 0.1) is 23.2 Å². The van der Waals surface area contributed by atoms with Crippen molar-refractivity contribution in [2.24, 2.45) is 0 Å². The summed E-state index contributed by atoms with van der Waals surface area (Å²) in [6.45, 7) is 6.88. The Morgan fingerprint density at radius 2 is 1.51 bits per heavy atom. The molecule has 0 aliphatic heterocycles. The van der Waals surface area contributed by atoms with Gasteiger partial charge in [0.25, 0.3) is 0 Å². The standard InChI is InChI=1S/C33H42N2O6/c1-4-6-8-9-11-21-39-27-17-19-28(20-18-27)41-33(36)26-15-13-25(14-16-26)29-22-31(35(37)38)32(23-30(29)34)40-24(3)12-10-7-5-2/h13-20,22-24H,4-12,21,34H2,1-3H3/t24-/m1/s1. The van der Waals surface area contributed by atoms with E-state index in [1.54, 1.807) is 48.5 Å². The molecule has 41 heavy (non-hydrogen) atoms. The van der Waals surface area contributed by atoms with Crippen LogP contribution in [0.2, 0.25) is 0 Å². The molecular formula is C33H42N2O6. The van der Waals surface area contributed by atoms with Gasteiger partial charge >= 0.3 is 11.7 Å². The van der Waals surface area contributed by atoms with Crippen LogP contribution in [0.3, 0.4) is 0 Å². The molecule has 0 unspecified atom stereocenters. The molecule has 0 saturated heterocycles. The molecule has 1 atom stereocenters. The van der Waals surface area contributed by atoms with E-state index in [2.05, 4.69) is 13.8 Å². The van der Waals surface area contributed by atoms with Gasteiger partial charge in [-0.2, -0.15) is 0 Å². The second-order valence-corrected chi connectivity index (χ2v) is 10.3. The number of hydrogen-bond acceptors (Lipinski definition) is 7. The number of nitrogen functional groups attached to an aromatic ring is 1. The average Bonchev–Trinajstić information content (AvgIpc) is 2.96. The van der Waals surface area contributed by atoms with Crippen molar-refractivity contribution in [3.8, 4) is 28.4 Å². The fourth-order valence-electron chi connectivity index (χ4n) is 4.48. The van der Waals surface area contributed by atoms with Gasteiger partial charge < -0.3 is 19.9 Å². The lowest BCUT2D eigenvalue weighted by molar-refractivity contribution is -0.386. The zero-order valence-corrected chi connectivity index (χ0v) is 24.4. The van der Waals surface area contributed by atoms with Crippen LogP contribution in [-0.2, 0) is 0 Å². The van der Waals surface area contributed by atoms with Gasteiger partial charge in [-0.15, -0.1) is 0 Å².